The van der Waals surface area contributed by atoms with Crippen LogP contribution in [0.5, 0.6) is 0 Å². The predicted molar refractivity (Wildman–Crippen MR) is 119 cm³/mol. The van der Waals surface area contributed by atoms with Crippen LogP contribution in [-0.4, -0.2) is 51.4 Å². The van der Waals surface area contributed by atoms with Crippen LogP contribution in [-0.2, 0) is 7.05 Å². The Labute approximate surface area is 173 Å². The number of pyridine rings is 1. The molecule has 7 nitrogen and oxygen atoms in total. The van der Waals surface area contributed by atoms with E-state index in [1.165, 1.54) is 24.8 Å². The lowest BCUT2D eigenvalue weighted by atomic mass is 9.81. The fourth-order valence-electron chi connectivity index (χ4n) is 3.44. The van der Waals surface area contributed by atoms with E-state index in [0.717, 1.165) is 17.2 Å². The molecule has 0 spiro atoms. The normalized spacial score (nSPS) is 16.4. The van der Waals surface area contributed by atoms with Crippen molar-refractivity contribution in [3.8, 4) is 11.5 Å². The molecule has 3 rings (SSSR count). The van der Waals surface area contributed by atoms with Crippen LogP contribution in [0.4, 0.5) is 5.82 Å². The van der Waals surface area contributed by atoms with Gasteiger partial charge in [-0.15, -0.1) is 0 Å². The Bertz CT molecular complexity index is 895. The fourth-order valence-corrected chi connectivity index (χ4v) is 3.44. The maximum Gasteiger partial charge on any atom is 0.161 e. The minimum absolute atomic E-state index is 0.182. The molecule has 1 aliphatic rings. The van der Waals surface area contributed by atoms with Gasteiger partial charge in [0.05, 0.1) is 6.04 Å². The molecule has 156 valence electrons. The molecule has 29 heavy (non-hydrogen) atoms. The maximum atomic E-state index is 9.53. The van der Waals surface area contributed by atoms with E-state index in [2.05, 4.69) is 42.1 Å². The topological polar surface area (TPSA) is 87.7 Å². The van der Waals surface area contributed by atoms with Gasteiger partial charge in [0.25, 0.3) is 0 Å². The van der Waals surface area contributed by atoms with Crippen molar-refractivity contribution < 1.29 is 5.11 Å². The first-order chi connectivity index (χ1) is 13.9. The molecule has 0 saturated heterocycles. The number of aliphatic imine (C=N–C) groups is 2. The van der Waals surface area contributed by atoms with E-state index < -0.39 is 0 Å². The third kappa shape index (κ3) is 4.72. The lowest BCUT2D eigenvalue weighted by Gasteiger charge is -2.28. The standard InChI is InChI=1S/C22H32N6O/c1-14(2)17-9-10-24-18(11-17)22-27-21(26-20(13-29)23-4)19(28(22)5)12-25-15(3)16-7-6-8-16/h9-12,14-16,29H,6-8,13H2,1-5H3,(H,23,26). The lowest BCUT2D eigenvalue weighted by Crippen LogP contribution is -2.23. The predicted octanol–water partition coefficient (Wildman–Crippen LogP) is 3.65. The summed E-state index contributed by atoms with van der Waals surface area (Å²) in [6, 6.07) is 4.40. The van der Waals surface area contributed by atoms with Crippen molar-refractivity contribution in [3.05, 3.63) is 29.6 Å². The number of anilines is 1. The minimum atomic E-state index is -0.182. The second-order valence-electron chi connectivity index (χ2n) is 8.02. The number of rotatable bonds is 7. The summed E-state index contributed by atoms with van der Waals surface area (Å²) < 4.78 is 2.00. The molecule has 1 unspecified atom stereocenters. The van der Waals surface area contributed by atoms with Gasteiger partial charge in [-0.05, 0) is 49.3 Å². The average molecular weight is 397 g/mol. The van der Waals surface area contributed by atoms with Crippen molar-refractivity contribution in [2.24, 2.45) is 23.0 Å². The van der Waals surface area contributed by atoms with Crippen molar-refractivity contribution in [1.82, 2.24) is 14.5 Å². The van der Waals surface area contributed by atoms with E-state index in [4.69, 9.17) is 9.98 Å². The van der Waals surface area contributed by atoms with Crippen LogP contribution < -0.4 is 5.32 Å². The molecule has 0 amide bonds. The highest BCUT2D eigenvalue weighted by molar-refractivity contribution is 5.99. The van der Waals surface area contributed by atoms with E-state index >= 15 is 0 Å². The fraction of sp³-hybridized carbons (Fsp3) is 0.545. The number of nitrogens with zero attached hydrogens (tertiary/aromatic N) is 5. The molecular weight excluding hydrogens is 364 g/mol. The van der Waals surface area contributed by atoms with Gasteiger partial charge >= 0.3 is 0 Å². The van der Waals surface area contributed by atoms with E-state index in [1.54, 1.807) is 7.05 Å². The first kappa shape index (κ1) is 21.2. The zero-order chi connectivity index (χ0) is 21.0. The van der Waals surface area contributed by atoms with Crippen molar-refractivity contribution in [2.75, 3.05) is 19.0 Å². The largest absolute Gasteiger partial charge is 0.388 e. The van der Waals surface area contributed by atoms with Gasteiger partial charge in [0.15, 0.2) is 11.6 Å². The molecule has 2 N–H and O–H groups in total. The molecule has 2 heterocycles. The Morgan fingerprint density at radius 3 is 2.72 bits per heavy atom. The van der Waals surface area contributed by atoms with E-state index in [0.29, 0.717) is 23.5 Å². The molecule has 2 aromatic heterocycles. The first-order valence-electron chi connectivity index (χ1n) is 10.3. The summed E-state index contributed by atoms with van der Waals surface area (Å²) in [6.07, 6.45) is 7.52. The average Bonchev–Trinajstić information content (AvgIpc) is 2.98. The van der Waals surface area contributed by atoms with Crippen molar-refractivity contribution >= 4 is 17.9 Å². The van der Waals surface area contributed by atoms with E-state index in [9.17, 15) is 5.11 Å². The Balaban J connectivity index is 2.00. The third-order valence-electron chi connectivity index (χ3n) is 5.77. The van der Waals surface area contributed by atoms with Gasteiger partial charge in [-0.25, -0.2) is 4.98 Å². The molecular formula is C22H32N6O. The van der Waals surface area contributed by atoms with Gasteiger partial charge in [-0.3, -0.25) is 15.0 Å². The second kappa shape index (κ2) is 9.31. The molecule has 0 bridgehead atoms. The van der Waals surface area contributed by atoms with Crippen LogP contribution in [0, 0.1) is 5.92 Å². The summed E-state index contributed by atoms with van der Waals surface area (Å²) in [7, 11) is 3.61. The molecule has 1 fully saturated rings. The number of aliphatic hydroxyl groups is 1. The highest BCUT2D eigenvalue weighted by Crippen LogP contribution is 2.31. The highest BCUT2D eigenvalue weighted by atomic mass is 16.3. The zero-order valence-electron chi connectivity index (χ0n) is 18.1. The summed E-state index contributed by atoms with van der Waals surface area (Å²) >= 11 is 0. The molecule has 1 aliphatic carbocycles. The summed E-state index contributed by atoms with van der Waals surface area (Å²) in [5.41, 5.74) is 2.87. The van der Waals surface area contributed by atoms with E-state index in [-0.39, 0.29) is 12.6 Å². The Morgan fingerprint density at radius 2 is 2.14 bits per heavy atom. The molecule has 1 atom stereocenters. The molecule has 0 radical (unpaired) electrons. The number of hydrogen-bond acceptors (Lipinski definition) is 5. The molecule has 0 aliphatic heterocycles. The summed E-state index contributed by atoms with van der Waals surface area (Å²) in [6.45, 7) is 6.31. The number of aromatic nitrogens is 3. The molecule has 7 heteroatoms. The van der Waals surface area contributed by atoms with Crippen molar-refractivity contribution in [1.29, 1.82) is 0 Å². The monoisotopic (exact) mass is 396 g/mol. The van der Waals surface area contributed by atoms with Crippen molar-refractivity contribution in [3.63, 3.8) is 0 Å². The van der Waals surface area contributed by atoms with Gasteiger partial charge < -0.3 is 15.0 Å². The van der Waals surface area contributed by atoms with Crippen LogP contribution in [0.15, 0.2) is 28.3 Å². The van der Waals surface area contributed by atoms with Gasteiger partial charge in [0, 0.05) is 26.5 Å². The van der Waals surface area contributed by atoms with E-state index in [1.807, 2.05) is 30.1 Å². The third-order valence-corrected chi connectivity index (χ3v) is 5.77. The van der Waals surface area contributed by atoms with Gasteiger partial charge in [0.1, 0.15) is 23.8 Å². The summed E-state index contributed by atoms with van der Waals surface area (Å²) in [5.74, 6) is 2.91. The highest BCUT2D eigenvalue weighted by Gasteiger charge is 2.23. The number of hydrogen-bond donors (Lipinski definition) is 2. The number of aliphatic hydroxyl groups excluding tert-OH is 1. The lowest BCUT2D eigenvalue weighted by molar-refractivity contribution is 0.275. The Hall–Kier alpha value is -2.54. The molecule has 2 aromatic rings. The van der Waals surface area contributed by atoms with Crippen LogP contribution in [0.25, 0.3) is 11.5 Å². The van der Waals surface area contributed by atoms with Gasteiger partial charge in [0.2, 0.25) is 0 Å². The van der Waals surface area contributed by atoms with Crippen molar-refractivity contribution in [2.45, 2.75) is 52.0 Å². The zero-order valence-corrected chi connectivity index (χ0v) is 18.1. The number of amidine groups is 1. The number of nitrogens with one attached hydrogen (secondary N) is 1. The number of imidazole rings is 1. The van der Waals surface area contributed by atoms with Gasteiger partial charge in [-0.2, -0.15) is 0 Å². The first-order valence-corrected chi connectivity index (χ1v) is 10.3. The minimum Gasteiger partial charge on any atom is -0.388 e. The van der Waals surface area contributed by atoms with Crippen LogP contribution in [0.3, 0.4) is 0 Å². The van der Waals surface area contributed by atoms with Crippen LogP contribution in [0.2, 0.25) is 0 Å². The molecule has 0 aromatic carbocycles. The SMILES string of the molecule is CN=C(CO)Nc1nc(-c2cc(C(C)C)ccn2)n(C)c1C=NC(C)C1CCC1. The van der Waals surface area contributed by atoms with Crippen LogP contribution in [0.1, 0.15) is 57.2 Å². The maximum absolute atomic E-state index is 9.53. The summed E-state index contributed by atoms with van der Waals surface area (Å²) in [4.78, 5) is 18.2. The van der Waals surface area contributed by atoms with Crippen LogP contribution >= 0.6 is 0 Å². The summed E-state index contributed by atoms with van der Waals surface area (Å²) in [5, 5.41) is 12.7. The quantitative estimate of drug-likeness (QED) is 0.552. The van der Waals surface area contributed by atoms with Gasteiger partial charge in [-0.1, -0.05) is 20.3 Å². The second-order valence-corrected chi connectivity index (χ2v) is 8.02. The molecule has 1 saturated carbocycles. The smallest absolute Gasteiger partial charge is 0.161 e. The Kier molecular flexibility index (Phi) is 6.79. The Morgan fingerprint density at radius 1 is 1.38 bits per heavy atom.